The van der Waals surface area contributed by atoms with Crippen molar-refractivity contribution in [3.8, 4) is 0 Å². The Hall–Kier alpha value is -1.39. The van der Waals surface area contributed by atoms with Gasteiger partial charge >= 0.3 is 0 Å². The number of ether oxygens (including phenoxy) is 1. The van der Waals surface area contributed by atoms with E-state index in [9.17, 15) is 4.79 Å². The van der Waals surface area contributed by atoms with Gasteiger partial charge in [0.1, 0.15) is 0 Å². The summed E-state index contributed by atoms with van der Waals surface area (Å²) >= 11 is 0. The summed E-state index contributed by atoms with van der Waals surface area (Å²) in [5, 5.41) is 3.13. The van der Waals surface area contributed by atoms with Crippen LogP contribution in [0.3, 0.4) is 0 Å². The Morgan fingerprint density at radius 2 is 2.10 bits per heavy atom. The number of nitrogens with zero attached hydrogens (tertiary/aromatic N) is 1. The van der Waals surface area contributed by atoms with Crippen molar-refractivity contribution in [3.63, 3.8) is 0 Å². The van der Waals surface area contributed by atoms with E-state index in [1.807, 2.05) is 35.2 Å². The second-order valence-corrected chi connectivity index (χ2v) is 5.31. The first-order valence-corrected chi connectivity index (χ1v) is 7.36. The fourth-order valence-corrected chi connectivity index (χ4v) is 2.36. The SMILES string of the molecule is COCCNCC(=O)N(CC1CCC1)c1ccccc1. The van der Waals surface area contributed by atoms with E-state index in [-0.39, 0.29) is 5.91 Å². The number of rotatable bonds is 8. The largest absolute Gasteiger partial charge is 0.383 e. The lowest BCUT2D eigenvalue weighted by molar-refractivity contribution is -0.118. The molecule has 4 heteroatoms. The van der Waals surface area contributed by atoms with Crippen LogP contribution in [0.4, 0.5) is 5.69 Å². The molecule has 0 aliphatic heterocycles. The number of hydrogen-bond donors (Lipinski definition) is 1. The van der Waals surface area contributed by atoms with Gasteiger partial charge in [-0.1, -0.05) is 24.6 Å². The standard InChI is InChI=1S/C16H24N2O2/c1-20-11-10-17-12-16(19)18(13-14-6-5-7-14)15-8-3-2-4-9-15/h2-4,8-9,14,17H,5-7,10-13H2,1H3. The molecule has 1 aromatic carbocycles. The third-order valence-corrected chi connectivity index (χ3v) is 3.79. The van der Waals surface area contributed by atoms with Crippen LogP contribution in [-0.2, 0) is 9.53 Å². The summed E-state index contributed by atoms with van der Waals surface area (Å²) in [6.07, 6.45) is 3.79. The van der Waals surface area contributed by atoms with Gasteiger partial charge in [0.25, 0.3) is 0 Å². The van der Waals surface area contributed by atoms with Crippen LogP contribution in [0.25, 0.3) is 0 Å². The van der Waals surface area contributed by atoms with Crippen molar-refractivity contribution in [2.75, 3.05) is 38.3 Å². The number of nitrogens with one attached hydrogen (secondary N) is 1. The molecule has 0 saturated heterocycles. The highest BCUT2D eigenvalue weighted by molar-refractivity contribution is 5.94. The van der Waals surface area contributed by atoms with Gasteiger partial charge in [-0.15, -0.1) is 0 Å². The van der Waals surface area contributed by atoms with Crippen molar-refractivity contribution < 1.29 is 9.53 Å². The predicted octanol–water partition coefficient (Wildman–Crippen LogP) is 2.06. The molecule has 0 unspecified atom stereocenters. The molecule has 1 aromatic rings. The van der Waals surface area contributed by atoms with Crippen molar-refractivity contribution >= 4 is 11.6 Å². The lowest BCUT2D eigenvalue weighted by atomic mass is 9.85. The number of methoxy groups -OCH3 is 1. The Labute approximate surface area is 121 Å². The molecular formula is C16H24N2O2. The van der Waals surface area contributed by atoms with Crippen LogP contribution < -0.4 is 10.2 Å². The quantitative estimate of drug-likeness (QED) is 0.739. The van der Waals surface area contributed by atoms with Crippen molar-refractivity contribution in [1.29, 1.82) is 0 Å². The highest BCUT2D eigenvalue weighted by Crippen LogP contribution is 2.28. The number of hydrogen-bond acceptors (Lipinski definition) is 3. The number of para-hydroxylation sites is 1. The summed E-state index contributed by atoms with van der Waals surface area (Å²) in [7, 11) is 1.66. The van der Waals surface area contributed by atoms with Crippen LogP contribution in [0.2, 0.25) is 0 Å². The van der Waals surface area contributed by atoms with Crippen LogP contribution in [0.15, 0.2) is 30.3 Å². The van der Waals surface area contributed by atoms with E-state index >= 15 is 0 Å². The van der Waals surface area contributed by atoms with E-state index in [4.69, 9.17) is 4.74 Å². The van der Waals surface area contributed by atoms with E-state index in [1.54, 1.807) is 7.11 Å². The summed E-state index contributed by atoms with van der Waals surface area (Å²) < 4.78 is 4.97. The lowest BCUT2D eigenvalue weighted by Gasteiger charge is -2.32. The second-order valence-electron chi connectivity index (χ2n) is 5.31. The van der Waals surface area contributed by atoms with Crippen LogP contribution in [-0.4, -0.2) is 39.3 Å². The van der Waals surface area contributed by atoms with Gasteiger partial charge in [-0.05, 0) is 30.9 Å². The molecule has 0 bridgehead atoms. The highest BCUT2D eigenvalue weighted by Gasteiger charge is 2.24. The predicted molar refractivity (Wildman–Crippen MR) is 80.9 cm³/mol. The molecule has 0 radical (unpaired) electrons. The maximum Gasteiger partial charge on any atom is 0.240 e. The van der Waals surface area contributed by atoms with Gasteiger partial charge < -0.3 is 15.0 Å². The molecule has 1 saturated carbocycles. The van der Waals surface area contributed by atoms with E-state index in [0.717, 1.165) is 12.2 Å². The third-order valence-electron chi connectivity index (χ3n) is 3.79. The minimum atomic E-state index is 0.138. The number of amides is 1. The zero-order valence-corrected chi connectivity index (χ0v) is 12.2. The number of carbonyl (C=O) groups excluding carboxylic acids is 1. The van der Waals surface area contributed by atoms with Gasteiger partial charge in [0.05, 0.1) is 13.2 Å². The Bertz CT molecular complexity index is 404. The molecule has 1 amide bonds. The van der Waals surface area contributed by atoms with E-state index < -0.39 is 0 Å². The monoisotopic (exact) mass is 276 g/mol. The highest BCUT2D eigenvalue weighted by atomic mass is 16.5. The molecule has 4 nitrogen and oxygen atoms in total. The zero-order chi connectivity index (χ0) is 14.2. The number of benzene rings is 1. The molecule has 0 atom stereocenters. The molecule has 0 spiro atoms. The molecule has 0 heterocycles. The van der Waals surface area contributed by atoms with Crippen molar-refractivity contribution in [2.45, 2.75) is 19.3 Å². The van der Waals surface area contributed by atoms with Gasteiger partial charge in [0, 0.05) is 25.9 Å². The first kappa shape index (κ1) is 15.0. The maximum absolute atomic E-state index is 12.4. The van der Waals surface area contributed by atoms with E-state index in [2.05, 4.69) is 5.32 Å². The minimum Gasteiger partial charge on any atom is -0.383 e. The Morgan fingerprint density at radius 3 is 2.70 bits per heavy atom. The summed E-state index contributed by atoms with van der Waals surface area (Å²) in [5.74, 6) is 0.803. The van der Waals surface area contributed by atoms with Crippen LogP contribution in [0, 0.1) is 5.92 Å². The fraction of sp³-hybridized carbons (Fsp3) is 0.562. The molecule has 2 rings (SSSR count). The van der Waals surface area contributed by atoms with Gasteiger partial charge in [-0.25, -0.2) is 0 Å². The first-order valence-electron chi connectivity index (χ1n) is 7.36. The molecule has 1 aliphatic rings. The molecule has 1 fully saturated rings. The Kier molecular flexibility index (Phi) is 6.02. The lowest BCUT2D eigenvalue weighted by Crippen LogP contribution is -2.42. The summed E-state index contributed by atoms with van der Waals surface area (Å²) in [6.45, 7) is 2.54. The third kappa shape index (κ3) is 4.32. The first-order chi connectivity index (χ1) is 9.81. The summed E-state index contributed by atoms with van der Waals surface area (Å²) in [4.78, 5) is 14.3. The van der Waals surface area contributed by atoms with Crippen LogP contribution in [0.1, 0.15) is 19.3 Å². The average molecular weight is 276 g/mol. The number of carbonyl (C=O) groups is 1. The fourth-order valence-electron chi connectivity index (χ4n) is 2.36. The normalized spacial score (nSPS) is 14.8. The van der Waals surface area contributed by atoms with Gasteiger partial charge in [-0.2, -0.15) is 0 Å². The Morgan fingerprint density at radius 1 is 1.35 bits per heavy atom. The Balaban J connectivity index is 1.92. The van der Waals surface area contributed by atoms with Crippen molar-refractivity contribution in [1.82, 2.24) is 5.32 Å². The van der Waals surface area contributed by atoms with Crippen LogP contribution in [0.5, 0.6) is 0 Å². The smallest absolute Gasteiger partial charge is 0.240 e. The van der Waals surface area contributed by atoms with Crippen molar-refractivity contribution in [2.24, 2.45) is 5.92 Å². The topological polar surface area (TPSA) is 41.6 Å². The summed E-state index contributed by atoms with van der Waals surface area (Å²) in [6, 6.07) is 9.95. The average Bonchev–Trinajstić information content (AvgIpc) is 2.43. The van der Waals surface area contributed by atoms with Crippen LogP contribution >= 0.6 is 0 Å². The van der Waals surface area contributed by atoms with Crippen molar-refractivity contribution in [3.05, 3.63) is 30.3 Å². The maximum atomic E-state index is 12.4. The zero-order valence-electron chi connectivity index (χ0n) is 12.2. The molecule has 1 N–H and O–H groups in total. The molecule has 0 aromatic heterocycles. The minimum absolute atomic E-state index is 0.138. The molecule has 1 aliphatic carbocycles. The van der Waals surface area contributed by atoms with E-state index in [1.165, 1.54) is 19.3 Å². The van der Waals surface area contributed by atoms with Gasteiger partial charge in [-0.3, -0.25) is 4.79 Å². The molecule has 110 valence electrons. The molecular weight excluding hydrogens is 252 g/mol. The molecule has 20 heavy (non-hydrogen) atoms. The van der Waals surface area contributed by atoms with Gasteiger partial charge in [0.15, 0.2) is 0 Å². The number of anilines is 1. The van der Waals surface area contributed by atoms with E-state index in [0.29, 0.717) is 25.6 Å². The van der Waals surface area contributed by atoms with Gasteiger partial charge in [0.2, 0.25) is 5.91 Å². The second kappa shape index (κ2) is 8.02. The summed E-state index contributed by atoms with van der Waals surface area (Å²) in [5.41, 5.74) is 0.998.